The summed E-state index contributed by atoms with van der Waals surface area (Å²) in [4.78, 5) is 11.0. The lowest BCUT2D eigenvalue weighted by molar-refractivity contribution is 0.149. The van der Waals surface area contributed by atoms with E-state index < -0.39 is 6.43 Å². The second kappa shape index (κ2) is 3.32. The lowest BCUT2D eigenvalue weighted by atomic mass is 10.2. The number of aryl methyl sites for hydroxylation is 1. The molecule has 0 aliphatic rings. The number of hydrogen-bond acceptors (Lipinski definition) is 2. The molecular weight excluding hydrogens is 188 g/mol. The van der Waals surface area contributed by atoms with Gasteiger partial charge >= 0.3 is 0 Å². The molecule has 2 aromatic rings. The zero-order valence-electron chi connectivity index (χ0n) is 7.59. The Labute approximate surface area is 79.2 Å². The van der Waals surface area contributed by atoms with Crippen LogP contribution in [0, 0.1) is 6.92 Å². The molecule has 0 amide bonds. The van der Waals surface area contributed by atoms with Gasteiger partial charge in [-0.15, -0.1) is 0 Å². The molecule has 5 heteroatoms. The normalized spacial score (nSPS) is 11.4. The van der Waals surface area contributed by atoms with Gasteiger partial charge in [0.1, 0.15) is 5.52 Å². The summed E-state index contributed by atoms with van der Waals surface area (Å²) in [6.45, 7) is 1.78. The number of halogens is 2. The third-order valence-corrected chi connectivity index (χ3v) is 1.95. The Morgan fingerprint density at radius 3 is 3.00 bits per heavy atom. The van der Waals surface area contributed by atoms with Gasteiger partial charge in [0.2, 0.25) is 6.43 Å². The fraction of sp³-hybridized carbons (Fsp3) is 0.333. The van der Waals surface area contributed by atoms with Gasteiger partial charge < -0.3 is 4.98 Å². The number of nitrogens with one attached hydrogen (secondary N) is 1. The van der Waals surface area contributed by atoms with Crippen LogP contribution in [0.1, 0.15) is 11.3 Å². The largest absolute Gasteiger partial charge is 0.345 e. The molecule has 0 aliphatic heterocycles. The highest BCUT2D eigenvalue weighted by molar-refractivity contribution is 5.74. The highest BCUT2D eigenvalue weighted by atomic mass is 19.3. The Kier molecular flexibility index (Phi) is 2.15. The molecule has 0 bridgehead atoms. The van der Waals surface area contributed by atoms with Crippen LogP contribution < -0.4 is 0 Å². The first-order valence-electron chi connectivity index (χ1n) is 4.24. The number of H-pyrrole nitrogens is 1. The van der Waals surface area contributed by atoms with Crippen molar-refractivity contribution in [2.75, 3.05) is 0 Å². The molecule has 0 fully saturated rings. The Balaban J connectivity index is 2.50. The molecule has 0 saturated heterocycles. The maximum atomic E-state index is 12.2. The highest BCUT2D eigenvalue weighted by Crippen LogP contribution is 2.16. The van der Waals surface area contributed by atoms with Crippen LogP contribution in [0.3, 0.4) is 0 Å². The lowest BCUT2D eigenvalue weighted by Crippen LogP contribution is -1.96. The first-order valence-corrected chi connectivity index (χ1v) is 4.24. The first-order chi connectivity index (χ1) is 6.66. The van der Waals surface area contributed by atoms with E-state index in [1.54, 1.807) is 13.1 Å². The predicted molar refractivity (Wildman–Crippen MR) is 48.3 cm³/mol. The minimum atomic E-state index is -2.35. The van der Waals surface area contributed by atoms with Crippen molar-refractivity contribution in [3.8, 4) is 0 Å². The minimum Gasteiger partial charge on any atom is -0.345 e. The van der Waals surface area contributed by atoms with E-state index in [-0.39, 0.29) is 6.42 Å². The monoisotopic (exact) mass is 197 g/mol. The van der Waals surface area contributed by atoms with Crippen LogP contribution in [0.5, 0.6) is 0 Å². The average Bonchev–Trinajstić information content (AvgIpc) is 2.47. The third-order valence-electron chi connectivity index (χ3n) is 1.95. The van der Waals surface area contributed by atoms with E-state index in [4.69, 9.17) is 0 Å². The summed E-state index contributed by atoms with van der Waals surface area (Å²) in [5.74, 6) is 0. The quantitative estimate of drug-likeness (QED) is 0.800. The summed E-state index contributed by atoms with van der Waals surface area (Å²) in [6.07, 6.45) is 0.510. The molecule has 0 aliphatic carbocycles. The van der Waals surface area contributed by atoms with E-state index in [0.29, 0.717) is 16.7 Å². The van der Waals surface area contributed by atoms with Gasteiger partial charge in [-0.05, 0) is 6.92 Å². The van der Waals surface area contributed by atoms with E-state index in [9.17, 15) is 8.78 Å². The van der Waals surface area contributed by atoms with E-state index >= 15 is 0 Å². The van der Waals surface area contributed by atoms with Gasteiger partial charge in [0.25, 0.3) is 0 Å². The van der Waals surface area contributed by atoms with Gasteiger partial charge in [0, 0.05) is 18.2 Å². The van der Waals surface area contributed by atoms with Crippen LogP contribution in [0.4, 0.5) is 8.78 Å². The number of fused-ring (bicyclic) bond motifs is 1. The summed E-state index contributed by atoms with van der Waals surface area (Å²) in [5, 5.41) is 0. The van der Waals surface area contributed by atoms with Gasteiger partial charge in [0.15, 0.2) is 5.65 Å². The van der Waals surface area contributed by atoms with Crippen molar-refractivity contribution >= 4 is 11.2 Å². The molecule has 0 saturated carbocycles. The molecule has 0 atom stereocenters. The van der Waals surface area contributed by atoms with Crippen LogP contribution in [-0.2, 0) is 6.42 Å². The van der Waals surface area contributed by atoms with E-state index in [1.807, 2.05) is 0 Å². The van der Waals surface area contributed by atoms with E-state index in [2.05, 4.69) is 15.0 Å². The predicted octanol–water partition coefficient (Wildman–Crippen LogP) is 2.07. The molecule has 0 unspecified atom stereocenters. The number of aromatic amines is 1. The average molecular weight is 197 g/mol. The molecule has 2 rings (SSSR count). The molecule has 2 heterocycles. The SMILES string of the molecule is Cc1cnc2[nH]cc(CC(F)F)c2n1. The lowest BCUT2D eigenvalue weighted by Gasteiger charge is -1.97. The summed E-state index contributed by atoms with van der Waals surface area (Å²) in [7, 11) is 0. The molecule has 74 valence electrons. The second-order valence-electron chi connectivity index (χ2n) is 3.12. The smallest absolute Gasteiger partial charge is 0.242 e. The molecule has 0 aromatic carbocycles. The summed E-state index contributed by atoms with van der Waals surface area (Å²) >= 11 is 0. The standard InChI is InChI=1S/C9H9F2N3/c1-5-3-12-9-8(14-5)6(4-13-9)2-7(10)11/h3-4,7H,2H2,1H3,(H,12,13). The zero-order chi connectivity index (χ0) is 10.1. The zero-order valence-corrected chi connectivity index (χ0v) is 7.59. The molecule has 0 radical (unpaired) electrons. The third kappa shape index (κ3) is 1.57. The fourth-order valence-corrected chi connectivity index (χ4v) is 1.35. The Hall–Kier alpha value is -1.52. The van der Waals surface area contributed by atoms with E-state index in [0.717, 1.165) is 5.69 Å². The summed E-state index contributed by atoms with van der Waals surface area (Å²) in [6, 6.07) is 0. The van der Waals surface area contributed by atoms with Crippen molar-refractivity contribution in [1.29, 1.82) is 0 Å². The number of nitrogens with zero attached hydrogens (tertiary/aromatic N) is 2. The van der Waals surface area contributed by atoms with Gasteiger partial charge in [-0.1, -0.05) is 0 Å². The minimum absolute atomic E-state index is 0.280. The van der Waals surface area contributed by atoms with Crippen LogP contribution >= 0.6 is 0 Å². The van der Waals surface area contributed by atoms with Gasteiger partial charge in [-0.3, -0.25) is 0 Å². The molecule has 1 N–H and O–H groups in total. The molecular formula is C9H9F2N3. The van der Waals surface area contributed by atoms with Crippen molar-refractivity contribution in [2.24, 2.45) is 0 Å². The van der Waals surface area contributed by atoms with Crippen molar-refractivity contribution in [1.82, 2.24) is 15.0 Å². The highest BCUT2D eigenvalue weighted by Gasteiger charge is 2.11. The van der Waals surface area contributed by atoms with Gasteiger partial charge in [0.05, 0.1) is 11.9 Å². The Morgan fingerprint density at radius 2 is 2.29 bits per heavy atom. The van der Waals surface area contributed by atoms with Gasteiger partial charge in [-0.2, -0.15) is 0 Å². The number of alkyl halides is 2. The number of hydrogen-bond donors (Lipinski definition) is 1. The van der Waals surface area contributed by atoms with Crippen molar-refractivity contribution in [2.45, 2.75) is 19.8 Å². The van der Waals surface area contributed by atoms with Crippen molar-refractivity contribution < 1.29 is 8.78 Å². The molecule has 2 aromatic heterocycles. The van der Waals surface area contributed by atoms with Crippen LogP contribution in [-0.4, -0.2) is 21.4 Å². The van der Waals surface area contributed by atoms with Crippen molar-refractivity contribution in [3.05, 3.63) is 23.7 Å². The summed E-state index contributed by atoms with van der Waals surface area (Å²) in [5.41, 5.74) is 2.36. The maximum absolute atomic E-state index is 12.2. The fourth-order valence-electron chi connectivity index (χ4n) is 1.35. The Bertz CT molecular complexity index is 450. The molecule has 14 heavy (non-hydrogen) atoms. The number of aromatic nitrogens is 3. The number of rotatable bonds is 2. The second-order valence-corrected chi connectivity index (χ2v) is 3.12. The Morgan fingerprint density at radius 1 is 1.50 bits per heavy atom. The topological polar surface area (TPSA) is 41.6 Å². The first kappa shape index (κ1) is 9.05. The van der Waals surface area contributed by atoms with Gasteiger partial charge in [-0.25, -0.2) is 18.7 Å². The van der Waals surface area contributed by atoms with Crippen LogP contribution in [0.15, 0.2) is 12.4 Å². The molecule has 3 nitrogen and oxygen atoms in total. The van der Waals surface area contributed by atoms with Crippen LogP contribution in [0.2, 0.25) is 0 Å². The van der Waals surface area contributed by atoms with Crippen LogP contribution in [0.25, 0.3) is 11.2 Å². The molecule has 0 spiro atoms. The maximum Gasteiger partial charge on any atom is 0.242 e. The summed E-state index contributed by atoms with van der Waals surface area (Å²) < 4.78 is 24.3. The van der Waals surface area contributed by atoms with E-state index in [1.165, 1.54) is 6.20 Å². The van der Waals surface area contributed by atoms with Crippen molar-refractivity contribution in [3.63, 3.8) is 0 Å².